The number of carbonyl (C=O) groups excluding carboxylic acids is 1. The van der Waals surface area contributed by atoms with Gasteiger partial charge in [0.15, 0.2) is 11.5 Å². The van der Waals surface area contributed by atoms with E-state index < -0.39 is 15.3 Å². The molecule has 0 radical (unpaired) electrons. The van der Waals surface area contributed by atoms with Gasteiger partial charge in [0.2, 0.25) is 15.9 Å². The van der Waals surface area contributed by atoms with Crippen molar-refractivity contribution in [2.24, 2.45) is 5.92 Å². The van der Waals surface area contributed by atoms with Crippen molar-refractivity contribution >= 4 is 21.6 Å². The van der Waals surface area contributed by atoms with Crippen molar-refractivity contribution < 1.29 is 23.1 Å². The molecule has 0 bridgehead atoms. The summed E-state index contributed by atoms with van der Waals surface area (Å²) < 4.78 is 32.2. The zero-order valence-electron chi connectivity index (χ0n) is 16.9. The molecule has 1 aromatic rings. The highest BCUT2D eigenvalue weighted by Gasteiger charge is 2.29. The molecule has 1 fully saturated rings. The van der Waals surface area contributed by atoms with Gasteiger partial charge in [-0.2, -0.15) is 0 Å². The van der Waals surface area contributed by atoms with Crippen molar-refractivity contribution in [3.63, 3.8) is 0 Å². The quantitative estimate of drug-likeness (QED) is 0.539. The molecule has 1 aromatic carbocycles. The fraction of sp³-hybridized carbons (Fsp3) is 0.650. The number of aromatic hydroxyl groups is 1. The van der Waals surface area contributed by atoms with E-state index in [9.17, 15) is 18.3 Å². The third-order valence-electron chi connectivity index (χ3n) is 5.03. The smallest absolute Gasteiger partial charge is 0.227 e. The monoisotopic (exact) mass is 412 g/mol. The van der Waals surface area contributed by atoms with Gasteiger partial charge in [0.25, 0.3) is 0 Å². The first-order chi connectivity index (χ1) is 13.2. The Morgan fingerprint density at radius 2 is 1.93 bits per heavy atom. The fourth-order valence-corrected chi connectivity index (χ4v) is 4.10. The molecule has 0 unspecified atom stereocenters. The Balaban J connectivity index is 1.85. The predicted molar refractivity (Wildman–Crippen MR) is 110 cm³/mol. The van der Waals surface area contributed by atoms with E-state index in [-0.39, 0.29) is 23.6 Å². The second-order valence-electron chi connectivity index (χ2n) is 7.63. The first-order valence-corrected chi connectivity index (χ1v) is 11.6. The summed E-state index contributed by atoms with van der Waals surface area (Å²) in [6.45, 7) is 5.90. The van der Waals surface area contributed by atoms with Crippen LogP contribution in [-0.4, -0.2) is 37.3 Å². The van der Waals surface area contributed by atoms with Crippen LogP contribution in [0, 0.1) is 5.92 Å². The van der Waals surface area contributed by atoms with E-state index in [4.69, 9.17) is 4.74 Å². The molecule has 2 rings (SSSR count). The van der Waals surface area contributed by atoms with Crippen molar-refractivity contribution in [3.05, 3.63) is 18.2 Å². The van der Waals surface area contributed by atoms with Crippen LogP contribution < -0.4 is 14.8 Å². The summed E-state index contributed by atoms with van der Waals surface area (Å²) in [4.78, 5) is 12.5. The van der Waals surface area contributed by atoms with E-state index in [1.807, 2.05) is 0 Å². The number of ether oxygens (including phenoxy) is 1. The zero-order chi connectivity index (χ0) is 20.7. The number of nitrogens with one attached hydrogen (secondary N) is 2. The van der Waals surface area contributed by atoms with Crippen molar-refractivity contribution in [2.75, 3.05) is 11.9 Å². The Morgan fingerprint density at radius 1 is 1.25 bits per heavy atom. The molecule has 0 aliphatic heterocycles. The lowest BCUT2D eigenvalue weighted by atomic mass is 9.86. The molecule has 28 heavy (non-hydrogen) atoms. The summed E-state index contributed by atoms with van der Waals surface area (Å²) in [7, 11) is -3.29. The van der Waals surface area contributed by atoms with Gasteiger partial charge in [-0.15, -0.1) is 0 Å². The van der Waals surface area contributed by atoms with Crippen molar-refractivity contribution in [1.82, 2.24) is 4.72 Å². The van der Waals surface area contributed by atoms with Gasteiger partial charge in [-0.3, -0.25) is 4.79 Å². The van der Waals surface area contributed by atoms with Gasteiger partial charge in [-0.25, -0.2) is 13.1 Å². The lowest BCUT2D eigenvalue weighted by molar-refractivity contribution is -0.120. The molecule has 158 valence electrons. The third kappa shape index (κ3) is 6.38. The SMILES string of the molecule is CCCCOc1ccc(NC(=O)C2CCC(NS(=O)(=O)C(C)C)CC2)cc1O. The lowest BCUT2D eigenvalue weighted by Gasteiger charge is -2.28. The number of benzene rings is 1. The highest BCUT2D eigenvalue weighted by atomic mass is 32.2. The molecule has 0 spiro atoms. The van der Waals surface area contributed by atoms with E-state index in [0.717, 1.165) is 12.8 Å². The first-order valence-electron chi connectivity index (χ1n) is 10.0. The summed E-state index contributed by atoms with van der Waals surface area (Å²) >= 11 is 0. The molecule has 1 saturated carbocycles. The Bertz CT molecular complexity index is 756. The highest BCUT2D eigenvalue weighted by molar-refractivity contribution is 7.90. The number of unbranched alkanes of at least 4 members (excludes halogenated alkanes) is 1. The maximum atomic E-state index is 12.5. The Hall–Kier alpha value is -1.80. The van der Waals surface area contributed by atoms with Gasteiger partial charge in [0, 0.05) is 23.7 Å². The van der Waals surface area contributed by atoms with Crippen LogP contribution in [0.2, 0.25) is 0 Å². The summed E-state index contributed by atoms with van der Waals surface area (Å²) in [5, 5.41) is 12.4. The number of hydrogen-bond acceptors (Lipinski definition) is 5. The number of hydrogen-bond donors (Lipinski definition) is 3. The molecule has 0 atom stereocenters. The molecule has 0 heterocycles. The van der Waals surface area contributed by atoms with Crippen molar-refractivity contribution in [3.8, 4) is 11.5 Å². The lowest BCUT2D eigenvalue weighted by Crippen LogP contribution is -2.42. The summed E-state index contributed by atoms with van der Waals surface area (Å²) in [5.41, 5.74) is 0.521. The molecular formula is C20H32N2O5S. The average molecular weight is 413 g/mol. The minimum Gasteiger partial charge on any atom is -0.504 e. The molecule has 3 N–H and O–H groups in total. The van der Waals surface area contributed by atoms with Gasteiger partial charge in [0.05, 0.1) is 11.9 Å². The first kappa shape index (κ1) is 22.5. The van der Waals surface area contributed by atoms with Crippen LogP contribution >= 0.6 is 0 Å². The number of phenols is 1. The van der Waals surface area contributed by atoms with Gasteiger partial charge < -0.3 is 15.2 Å². The molecular weight excluding hydrogens is 380 g/mol. The predicted octanol–water partition coefficient (Wildman–Crippen LogP) is 3.40. The minimum absolute atomic E-state index is 0.000651. The number of amides is 1. The zero-order valence-corrected chi connectivity index (χ0v) is 17.7. The van der Waals surface area contributed by atoms with Gasteiger partial charge >= 0.3 is 0 Å². The maximum Gasteiger partial charge on any atom is 0.227 e. The molecule has 1 amide bonds. The number of sulfonamides is 1. The standard InChI is InChI=1S/C20H32N2O5S/c1-4-5-12-27-19-11-10-17(13-18(19)23)21-20(24)15-6-8-16(9-7-15)22-28(25,26)14(2)3/h10-11,13-16,22-23H,4-9,12H2,1-3H3,(H,21,24). The normalized spacial score (nSPS) is 20.1. The van der Waals surface area contributed by atoms with Crippen LogP contribution in [0.25, 0.3) is 0 Å². The molecule has 1 aliphatic carbocycles. The van der Waals surface area contributed by atoms with Crippen LogP contribution in [0.1, 0.15) is 59.3 Å². The molecule has 1 aliphatic rings. The van der Waals surface area contributed by atoms with E-state index in [0.29, 0.717) is 43.7 Å². The van der Waals surface area contributed by atoms with Gasteiger partial charge in [0.1, 0.15) is 0 Å². The van der Waals surface area contributed by atoms with E-state index in [1.165, 1.54) is 6.07 Å². The van der Waals surface area contributed by atoms with Gasteiger partial charge in [-0.05, 0) is 58.1 Å². The number of carbonyl (C=O) groups is 1. The van der Waals surface area contributed by atoms with E-state index in [2.05, 4.69) is 17.0 Å². The third-order valence-corrected chi connectivity index (χ3v) is 6.93. The Kier molecular flexibility index (Phi) is 8.12. The second kappa shape index (κ2) is 10.1. The molecule has 0 aromatic heterocycles. The minimum atomic E-state index is -3.29. The van der Waals surface area contributed by atoms with Crippen LogP contribution in [0.4, 0.5) is 5.69 Å². The highest BCUT2D eigenvalue weighted by Crippen LogP contribution is 2.31. The average Bonchev–Trinajstić information content (AvgIpc) is 2.63. The molecule has 8 heteroatoms. The number of phenolic OH excluding ortho intramolecular Hbond substituents is 1. The maximum absolute atomic E-state index is 12.5. The summed E-state index contributed by atoms with van der Waals surface area (Å²) in [5.74, 6) is 0.136. The van der Waals surface area contributed by atoms with E-state index >= 15 is 0 Å². The van der Waals surface area contributed by atoms with Crippen LogP contribution in [-0.2, 0) is 14.8 Å². The summed E-state index contributed by atoms with van der Waals surface area (Å²) in [6, 6.07) is 4.74. The van der Waals surface area contributed by atoms with Gasteiger partial charge in [-0.1, -0.05) is 13.3 Å². The summed E-state index contributed by atoms with van der Waals surface area (Å²) in [6.07, 6.45) is 4.45. The topological polar surface area (TPSA) is 105 Å². The molecule has 0 saturated heterocycles. The largest absolute Gasteiger partial charge is 0.504 e. The second-order valence-corrected chi connectivity index (χ2v) is 9.90. The number of rotatable bonds is 9. The van der Waals surface area contributed by atoms with E-state index in [1.54, 1.807) is 26.0 Å². The molecule has 7 nitrogen and oxygen atoms in total. The Morgan fingerprint density at radius 3 is 2.50 bits per heavy atom. The number of anilines is 1. The van der Waals surface area contributed by atoms with Crippen molar-refractivity contribution in [1.29, 1.82) is 0 Å². The van der Waals surface area contributed by atoms with Crippen LogP contribution in [0.15, 0.2) is 18.2 Å². The van der Waals surface area contributed by atoms with Crippen LogP contribution in [0.3, 0.4) is 0 Å². The fourth-order valence-electron chi connectivity index (χ4n) is 3.13. The Labute approximate surface area is 167 Å². The van der Waals surface area contributed by atoms with Crippen LogP contribution in [0.5, 0.6) is 11.5 Å². The van der Waals surface area contributed by atoms with Crippen molar-refractivity contribution in [2.45, 2.75) is 70.6 Å².